The number of hydrogen-bond acceptors (Lipinski definition) is 16. The van der Waals surface area contributed by atoms with Gasteiger partial charge in [-0.2, -0.15) is 4.98 Å². The Morgan fingerprint density at radius 3 is 2.62 bits per heavy atom. The zero-order chi connectivity index (χ0) is 34.8. The average Bonchev–Trinajstić information content (AvgIpc) is 3.65. The molecule has 0 spiro atoms. The zero-order valence-electron chi connectivity index (χ0n) is 26.5. The van der Waals surface area contributed by atoms with Gasteiger partial charge in [0.15, 0.2) is 37.2 Å². The van der Waals surface area contributed by atoms with Gasteiger partial charge in [0.25, 0.3) is 5.56 Å². The molecule has 262 valence electrons. The van der Waals surface area contributed by atoms with Crippen molar-refractivity contribution in [3.05, 3.63) is 28.8 Å². The Hall–Kier alpha value is -2.33. The van der Waals surface area contributed by atoms with Crippen LogP contribution in [0.25, 0.3) is 22.3 Å². The van der Waals surface area contributed by atoms with Gasteiger partial charge in [-0.3, -0.25) is 23.4 Å². The Labute approximate surface area is 285 Å². The summed E-state index contributed by atoms with van der Waals surface area (Å²) in [7, 11) is -2.60. The van der Waals surface area contributed by atoms with E-state index < -0.39 is 58.5 Å². The second-order valence-electron chi connectivity index (χ2n) is 12.7. The van der Waals surface area contributed by atoms with Crippen molar-refractivity contribution < 1.29 is 36.7 Å². The molecule has 24 heteroatoms. The standard InChI is InChI=1S/C24H36N10O9P2S2Si/c1-24(2,3)48(4,5)43-16-12-8-39-44(36,46)38-7-6-33-13(30-15-20(33)31-23(26)32-21(15)35)9-40-45(37,47)42-17(16)22(41-12)34-11-29-14-18(25)27-10-28-19(14)34/h10-12,16-17,22H,6-9H2,1-5H3,(H,36,46)(H,37,47)(H2,25,27,28)(H3,26,31,32,35)/t12-,16-,17-,22-,44?,45?/m1/s1. The first-order valence-corrected chi connectivity index (χ1v) is 22.8. The predicted molar refractivity (Wildman–Crippen MR) is 183 cm³/mol. The molecule has 4 aromatic rings. The average molecular weight is 763 g/mol. The first-order chi connectivity index (χ1) is 22.4. The molecular weight excluding hydrogens is 726 g/mol. The molecule has 6 heterocycles. The summed E-state index contributed by atoms with van der Waals surface area (Å²) in [5.41, 5.74) is 11.9. The van der Waals surface area contributed by atoms with Gasteiger partial charge < -0.3 is 39.1 Å². The summed E-state index contributed by atoms with van der Waals surface area (Å²) in [6, 6.07) is 0. The van der Waals surface area contributed by atoms with Crippen LogP contribution in [0.5, 0.6) is 0 Å². The van der Waals surface area contributed by atoms with Crippen LogP contribution in [0.2, 0.25) is 18.1 Å². The minimum absolute atomic E-state index is 0.00838. The maximum atomic E-state index is 14.1. The highest BCUT2D eigenvalue weighted by atomic mass is 32.7. The Morgan fingerprint density at radius 1 is 1.15 bits per heavy atom. The number of aromatic nitrogens is 8. The van der Waals surface area contributed by atoms with Gasteiger partial charge in [0.2, 0.25) is 5.95 Å². The van der Waals surface area contributed by atoms with Crippen molar-refractivity contribution in [3.8, 4) is 0 Å². The first-order valence-electron chi connectivity index (χ1n) is 14.6. The van der Waals surface area contributed by atoms with E-state index in [0.717, 1.165) is 0 Å². The summed E-state index contributed by atoms with van der Waals surface area (Å²) in [5.74, 6) is 0.105. The Kier molecular flexibility index (Phi) is 9.44. The number of thiol groups is 1. The molecule has 48 heavy (non-hydrogen) atoms. The van der Waals surface area contributed by atoms with E-state index in [-0.39, 0.29) is 53.6 Å². The molecule has 1 saturated heterocycles. The summed E-state index contributed by atoms with van der Waals surface area (Å²) in [6.07, 6.45) is -1.43. The van der Waals surface area contributed by atoms with Crippen LogP contribution in [0.15, 0.2) is 17.4 Å². The lowest BCUT2D eigenvalue weighted by molar-refractivity contribution is -0.0470. The molecule has 2 bridgehead atoms. The van der Waals surface area contributed by atoms with E-state index in [1.54, 1.807) is 4.57 Å². The lowest BCUT2D eigenvalue weighted by Gasteiger charge is -2.40. The number of nitrogens with zero attached hydrogens (tertiary/aromatic N) is 7. The zero-order valence-corrected chi connectivity index (χ0v) is 31.0. The molecule has 0 saturated carbocycles. The minimum Gasteiger partial charge on any atom is -0.408 e. The summed E-state index contributed by atoms with van der Waals surface area (Å²) >= 11 is 9.66. The maximum absolute atomic E-state index is 14.1. The fourth-order valence-electron chi connectivity index (χ4n) is 5.09. The van der Waals surface area contributed by atoms with E-state index in [1.165, 1.54) is 17.2 Å². The van der Waals surface area contributed by atoms with Gasteiger partial charge in [-0.1, -0.05) is 33.0 Å². The largest absolute Gasteiger partial charge is 0.408 e. The smallest absolute Gasteiger partial charge is 0.387 e. The fourth-order valence-corrected chi connectivity index (χ4v) is 8.91. The van der Waals surface area contributed by atoms with Crippen molar-refractivity contribution in [1.29, 1.82) is 0 Å². The maximum Gasteiger partial charge on any atom is 0.387 e. The number of hydrogen-bond donors (Lipinski definition) is 5. The van der Waals surface area contributed by atoms with Crippen molar-refractivity contribution in [2.75, 3.05) is 24.7 Å². The molecule has 2 unspecified atom stereocenters. The van der Waals surface area contributed by atoms with Crippen molar-refractivity contribution in [3.63, 3.8) is 0 Å². The molecule has 6 rings (SSSR count). The third kappa shape index (κ3) is 6.99. The summed E-state index contributed by atoms with van der Waals surface area (Å²) < 4.78 is 53.8. The molecule has 4 aromatic heterocycles. The Balaban J connectivity index is 1.45. The van der Waals surface area contributed by atoms with Crippen molar-refractivity contribution in [1.82, 2.24) is 39.0 Å². The molecule has 6 N–H and O–H groups in total. The van der Waals surface area contributed by atoms with Crippen LogP contribution in [0, 0.1) is 0 Å². The molecule has 0 radical (unpaired) electrons. The van der Waals surface area contributed by atoms with Crippen LogP contribution in [0.4, 0.5) is 11.8 Å². The molecule has 2 aliphatic rings. The van der Waals surface area contributed by atoms with E-state index in [9.17, 15) is 14.3 Å². The van der Waals surface area contributed by atoms with Gasteiger partial charge in [-0.05, 0) is 29.9 Å². The first kappa shape index (κ1) is 35.5. The molecule has 0 aromatic carbocycles. The number of ether oxygens (including phenoxy) is 1. The quantitative estimate of drug-likeness (QED) is 0.114. The number of nitrogens with one attached hydrogen (secondary N) is 1. The van der Waals surface area contributed by atoms with Gasteiger partial charge in [0.1, 0.15) is 42.6 Å². The normalized spacial score (nSPS) is 29.5. The van der Waals surface area contributed by atoms with Crippen LogP contribution in [-0.2, 0) is 56.8 Å². The summed E-state index contributed by atoms with van der Waals surface area (Å²) in [6.45, 7) is 1.15. The third-order valence-electron chi connectivity index (χ3n) is 8.47. The molecule has 2 aliphatic heterocycles. The van der Waals surface area contributed by atoms with Crippen LogP contribution < -0.4 is 17.0 Å². The van der Waals surface area contributed by atoms with Crippen LogP contribution >= 0.6 is 25.8 Å². The van der Waals surface area contributed by atoms with Crippen LogP contribution in [0.1, 0.15) is 32.8 Å². The predicted octanol–water partition coefficient (Wildman–Crippen LogP) is 2.61. The van der Waals surface area contributed by atoms with Crippen molar-refractivity contribution >= 4 is 80.0 Å². The lowest BCUT2D eigenvalue weighted by Crippen LogP contribution is -2.50. The number of nitrogens with two attached hydrogens (primary N) is 2. The number of rotatable bonds is 3. The summed E-state index contributed by atoms with van der Waals surface area (Å²) in [5, 5.41) is -0.270. The van der Waals surface area contributed by atoms with E-state index in [0.29, 0.717) is 11.2 Å². The highest BCUT2D eigenvalue weighted by molar-refractivity contribution is 8.44. The van der Waals surface area contributed by atoms with Gasteiger partial charge in [0, 0.05) is 6.54 Å². The van der Waals surface area contributed by atoms with Crippen LogP contribution in [0.3, 0.4) is 0 Å². The topological polar surface area (TPSA) is 252 Å². The van der Waals surface area contributed by atoms with Gasteiger partial charge in [-0.25, -0.2) is 24.5 Å². The van der Waals surface area contributed by atoms with E-state index >= 15 is 0 Å². The SMILES string of the molecule is CC(C)(C)[Si](C)(C)O[C@H]1[C@H]2OP(=O)(S)OCc3nc4c(=O)[nH]c(N)nc4n3CCOP(O)(=S)OC[C@H]1O[C@H]2n1cnc2c(N)ncnc21. The Bertz CT molecular complexity index is 2020. The molecule has 0 amide bonds. The van der Waals surface area contributed by atoms with E-state index in [2.05, 4.69) is 62.9 Å². The fraction of sp³-hybridized carbons (Fsp3) is 0.583. The number of anilines is 2. The highest BCUT2D eigenvalue weighted by Crippen LogP contribution is 2.58. The number of imidazole rings is 2. The van der Waals surface area contributed by atoms with Crippen molar-refractivity contribution in [2.45, 2.75) is 76.6 Å². The van der Waals surface area contributed by atoms with Gasteiger partial charge >= 0.3 is 13.5 Å². The molecule has 6 atom stereocenters. The molecule has 0 aliphatic carbocycles. The minimum atomic E-state index is -4.28. The van der Waals surface area contributed by atoms with Crippen molar-refractivity contribution in [2.24, 2.45) is 0 Å². The highest BCUT2D eigenvalue weighted by Gasteiger charge is 2.54. The molecular formula is C24H36N10O9P2S2Si. The number of nitrogen functional groups attached to an aromatic ring is 2. The number of aromatic amines is 1. The third-order valence-corrected chi connectivity index (χ3v) is 16.2. The summed E-state index contributed by atoms with van der Waals surface area (Å²) in [4.78, 5) is 47.3. The Morgan fingerprint density at radius 2 is 1.90 bits per heavy atom. The molecule has 19 nitrogen and oxygen atoms in total. The number of H-pyrrole nitrogens is 1. The number of fused-ring (bicyclic) bond motifs is 6. The van der Waals surface area contributed by atoms with E-state index in [4.69, 9.17) is 50.5 Å². The lowest BCUT2D eigenvalue weighted by atomic mass is 10.1. The second-order valence-corrected chi connectivity index (χ2v) is 23.2. The van der Waals surface area contributed by atoms with E-state index in [1.807, 2.05) is 13.1 Å². The van der Waals surface area contributed by atoms with Gasteiger partial charge in [0.05, 0.1) is 19.5 Å². The monoisotopic (exact) mass is 762 g/mol. The molecule has 1 fully saturated rings. The second kappa shape index (κ2) is 12.8. The van der Waals surface area contributed by atoms with Gasteiger partial charge in [-0.15, -0.1) is 0 Å². The van der Waals surface area contributed by atoms with Crippen LogP contribution in [-0.4, -0.2) is 83.8 Å².